The topological polar surface area (TPSA) is 46.5 Å². The maximum Gasteiger partial charge on any atom is 0.307 e. The molecule has 0 unspecified atom stereocenters. The van der Waals surface area contributed by atoms with Crippen molar-refractivity contribution in [3.63, 3.8) is 0 Å². The summed E-state index contributed by atoms with van der Waals surface area (Å²) >= 11 is 5.94. The molecule has 0 aliphatic heterocycles. The lowest BCUT2D eigenvalue weighted by atomic mass is 10.0. The van der Waals surface area contributed by atoms with Crippen molar-refractivity contribution in [1.82, 2.24) is 0 Å². The molecule has 1 N–H and O–H groups in total. The van der Waals surface area contributed by atoms with Crippen LogP contribution in [-0.4, -0.2) is 18.2 Å². The van der Waals surface area contributed by atoms with E-state index < -0.39 is 5.97 Å². The molecule has 24 heavy (non-hydrogen) atoms. The molecule has 4 heteroatoms. The maximum absolute atomic E-state index is 11.3. The van der Waals surface area contributed by atoms with Crippen LogP contribution >= 0.6 is 11.6 Å². The van der Waals surface area contributed by atoms with E-state index in [9.17, 15) is 9.90 Å². The van der Waals surface area contributed by atoms with Gasteiger partial charge in [0.2, 0.25) is 0 Å². The van der Waals surface area contributed by atoms with Gasteiger partial charge in [-0.3, -0.25) is 4.79 Å². The lowest BCUT2D eigenvalue weighted by molar-refractivity contribution is -0.135. The SMILES string of the molecule is COc1ccc2c(c1)C(CC(=O)O)=C(C)/C2=C\c1ccc(Cl)cc1. The summed E-state index contributed by atoms with van der Waals surface area (Å²) in [7, 11) is 1.61. The molecular weight excluding hydrogens is 324 g/mol. The summed E-state index contributed by atoms with van der Waals surface area (Å²) in [6, 6.07) is 13.4. The Bertz CT molecular complexity index is 861. The average molecular weight is 341 g/mol. The molecule has 2 aromatic rings. The van der Waals surface area contributed by atoms with E-state index in [1.165, 1.54) is 0 Å². The normalized spacial score (nSPS) is 14.9. The molecule has 0 heterocycles. The van der Waals surface area contributed by atoms with Gasteiger partial charge in [-0.1, -0.05) is 29.8 Å². The van der Waals surface area contributed by atoms with E-state index in [0.717, 1.165) is 39.2 Å². The maximum atomic E-state index is 11.3. The number of hydrogen-bond donors (Lipinski definition) is 1. The van der Waals surface area contributed by atoms with Crippen molar-refractivity contribution in [3.05, 3.63) is 69.8 Å². The number of carboxylic acid groups (broad SMARTS) is 1. The number of aliphatic carboxylic acids is 1. The second-order valence-electron chi connectivity index (χ2n) is 5.70. The fourth-order valence-corrected chi connectivity index (χ4v) is 3.12. The summed E-state index contributed by atoms with van der Waals surface area (Å²) in [4.78, 5) is 11.3. The van der Waals surface area contributed by atoms with Gasteiger partial charge in [-0.25, -0.2) is 0 Å². The first-order chi connectivity index (χ1) is 11.5. The van der Waals surface area contributed by atoms with Crippen LogP contribution in [0.25, 0.3) is 17.2 Å². The van der Waals surface area contributed by atoms with Crippen molar-refractivity contribution < 1.29 is 14.6 Å². The smallest absolute Gasteiger partial charge is 0.307 e. The average Bonchev–Trinajstić information content (AvgIpc) is 2.81. The summed E-state index contributed by atoms with van der Waals surface area (Å²) in [5, 5.41) is 9.94. The second kappa shape index (κ2) is 6.54. The Kier molecular flexibility index (Phi) is 4.45. The van der Waals surface area contributed by atoms with Crippen molar-refractivity contribution in [2.24, 2.45) is 0 Å². The predicted octanol–water partition coefficient (Wildman–Crippen LogP) is 5.15. The number of allylic oxidation sites excluding steroid dienone is 2. The Morgan fingerprint density at radius 2 is 1.88 bits per heavy atom. The van der Waals surface area contributed by atoms with E-state index >= 15 is 0 Å². The second-order valence-corrected chi connectivity index (χ2v) is 6.13. The van der Waals surface area contributed by atoms with Crippen molar-refractivity contribution in [2.75, 3.05) is 7.11 Å². The number of halogens is 1. The summed E-state index contributed by atoms with van der Waals surface area (Å²) < 4.78 is 5.29. The van der Waals surface area contributed by atoms with Crippen molar-refractivity contribution in [1.29, 1.82) is 0 Å². The van der Waals surface area contributed by atoms with Crippen LogP contribution in [0, 0.1) is 0 Å². The minimum Gasteiger partial charge on any atom is -0.497 e. The first-order valence-electron chi connectivity index (χ1n) is 7.57. The Balaban J connectivity index is 2.15. The minimum absolute atomic E-state index is 0.00996. The van der Waals surface area contributed by atoms with Gasteiger partial charge < -0.3 is 9.84 Å². The summed E-state index contributed by atoms with van der Waals surface area (Å²) in [6.45, 7) is 1.96. The number of carbonyl (C=O) groups is 1. The predicted molar refractivity (Wildman–Crippen MR) is 97.2 cm³/mol. The fraction of sp³-hybridized carbons (Fsp3) is 0.150. The van der Waals surface area contributed by atoms with Crippen molar-refractivity contribution >= 4 is 34.8 Å². The number of methoxy groups -OCH3 is 1. The van der Waals surface area contributed by atoms with E-state index in [0.29, 0.717) is 5.02 Å². The van der Waals surface area contributed by atoms with Crippen LogP contribution in [0.4, 0.5) is 0 Å². The molecule has 3 nitrogen and oxygen atoms in total. The van der Waals surface area contributed by atoms with Gasteiger partial charge in [-0.05, 0) is 70.7 Å². The lowest BCUT2D eigenvalue weighted by Gasteiger charge is -2.07. The van der Waals surface area contributed by atoms with Crippen LogP contribution in [0.5, 0.6) is 5.75 Å². The van der Waals surface area contributed by atoms with Gasteiger partial charge in [-0.15, -0.1) is 0 Å². The zero-order valence-electron chi connectivity index (χ0n) is 13.5. The van der Waals surface area contributed by atoms with Crippen LogP contribution in [0.3, 0.4) is 0 Å². The number of rotatable bonds is 4. The highest BCUT2D eigenvalue weighted by Crippen LogP contribution is 2.44. The first kappa shape index (κ1) is 16.3. The number of fused-ring (bicyclic) bond motifs is 1. The molecule has 2 aromatic carbocycles. The van der Waals surface area contributed by atoms with Crippen LogP contribution in [-0.2, 0) is 4.79 Å². The van der Waals surface area contributed by atoms with E-state index in [-0.39, 0.29) is 6.42 Å². The Hall–Kier alpha value is -2.52. The van der Waals surface area contributed by atoms with Gasteiger partial charge in [0, 0.05) is 5.02 Å². The molecule has 0 saturated carbocycles. The third-order valence-electron chi connectivity index (χ3n) is 4.21. The largest absolute Gasteiger partial charge is 0.497 e. The summed E-state index contributed by atoms with van der Waals surface area (Å²) in [5.41, 5.74) is 5.82. The fourth-order valence-electron chi connectivity index (χ4n) is 2.99. The van der Waals surface area contributed by atoms with Gasteiger partial charge >= 0.3 is 5.97 Å². The molecule has 0 amide bonds. The van der Waals surface area contributed by atoms with Gasteiger partial charge in [-0.2, -0.15) is 0 Å². The molecule has 1 aliphatic rings. The monoisotopic (exact) mass is 340 g/mol. The Morgan fingerprint density at radius 1 is 1.17 bits per heavy atom. The number of hydrogen-bond acceptors (Lipinski definition) is 2. The highest BCUT2D eigenvalue weighted by molar-refractivity contribution is 6.30. The zero-order valence-corrected chi connectivity index (χ0v) is 14.2. The van der Waals surface area contributed by atoms with Crippen molar-refractivity contribution in [2.45, 2.75) is 13.3 Å². The van der Waals surface area contributed by atoms with Gasteiger partial charge in [0.05, 0.1) is 13.5 Å². The van der Waals surface area contributed by atoms with Gasteiger partial charge in [0.15, 0.2) is 0 Å². The number of ether oxygens (including phenoxy) is 1. The van der Waals surface area contributed by atoms with Gasteiger partial charge in [0.1, 0.15) is 5.75 Å². The molecule has 0 spiro atoms. The quantitative estimate of drug-likeness (QED) is 0.837. The molecule has 0 fully saturated rings. The van der Waals surface area contributed by atoms with E-state index in [4.69, 9.17) is 16.3 Å². The minimum atomic E-state index is -0.842. The van der Waals surface area contributed by atoms with Crippen LogP contribution in [0.15, 0.2) is 48.0 Å². The summed E-state index contributed by atoms with van der Waals surface area (Å²) in [6.07, 6.45) is 2.05. The Morgan fingerprint density at radius 3 is 2.50 bits per heavy atom. The molecule has 0 atom stereocenters. The standard InChI is InChI=1S/C20H17ClO3/c1-12-17(9-13-3-5-14(21)6-4-13)16-8-7-15(24-2)10-19(16)18(12)11-20(22)23/h3-10H,11H2,1-2H3,(H,22,23)/b17-9+. The van der Waals surface area contributed by atoms with E-state index in [1.807, 2.05) is 49.4 Å². The molecule has 0 radical (unpaired) electrons. The van der Waals surface area contributed by atoms with Crippen molar-refractivity contribution in [3.8, 4) is 5.75 Å². The molecule has 0 saturated heterocycles. The lowest BCUT2D eigenvalue weighted by Crippen LogP contribution is -1.97. The molecular formula is C20H17ClO3. The number of carboxylic acids is 1. The molecule has 122 valence electrons. The molecule has 0 aromatic heterocycles. The third kappa shape index (κ3) is 3.08. The zero-order chi connectivity index (χ0) is 17.3. The summed E-state index contributed by atoms with van der Waals surface area (Å²) in [5.74, 6) is -0.122. The number of benzene rings is 2. The Labute approximate surface area is 145 Å². The molecule has 3 rings (SSSR count). The highest BCUT2D eigenvalue weighted by Gasteiger charge is 2.25. The molecule has 1 aliphatic carbocycles. The first-order valence-corrected chi connectivity index (χ1v) is 7.95. The van der Waals surface area contributed by atoms with E-state index in [2.05, 4.69) is 6.08 Å². The van der Waals surface area contributed by atoms with Gasteiger partial charge in [0.25, 0.3) is 0 Å². The van der Waals surface area contributed by atoms with Crippen LogP contribution in [0.2, 0.25) is 5.02 Å². The highest BCUT2D eigenvalue weighted by atomic mass is 35.5. The van der Waals surface area contributed by atoms with Crippen LogP contribution < -0.4 is 4.74 Å². The molecule has 0 bridgehead atoms. The third-order valence-corrected chi connectivity index (χ3v) is 4.46. The van der Waals surface area contributed by atoms with Crippen LogP contribution in [0.1, 0.15) is 30.0 Å². The van der Waals surface area contributed by atoms with E-state index in [1.54, 1.807) is 7.11 Å².